The topological polar surface area (TPSA) is 12.0 Å². The Morgan fingerprint density at radius 1 is 1.14 bits per heavy atom. The first-order valence-electron chi connectivity index (χ1n) is 7.49. The summed E-state index contributed by atoms with van der Waals surface area (Å²) in [4.78, 5) is 0. The Bertz CT molecular complexity index is 566. The van der Waals surface area contributed by atoms with Crippen LogP contribution < -0.4 is 5.32 Å². The van der Waals surface area contributed by atoms with Gasteiger partial charge in [-0.15, -0.1) is 0 Å². The van der Waals surface area contributed by atoms with Crippen LogP contribution in [0.4, 0.5) is 0 Å². The Kier molecular flexibility index (Phi) is 5.64. The number of rotatable bonds is 5. The highest BCUT2D eigenvalue weighted by atomic mass is 79.9. The van der Waals surface area contributed by atoms with Crippen LogP contribution in [0.1, 0.15) is 56.8 Å². The van der Waals surface area contributed by atoms with Crippen LogP contribution in [0.5, 0.6) is 0 Å². The molecule has 1 aromatic carbocycles. The molecule has 3 heteroatoms. The van der Waals surface area contributed by atoms with Crippen molar-refractivity contribution in [1.82, 2.24) is 5.32 Å². The summed E-state index contributed by atoms with van der Waals surface area (Å²) in [6.45, 7) is 9.99. The summed E-state index contributed by atoms with van der Waals surface area (Å²) in [5.41, 5.74) is 4.24. The molecule has 1 aromatic heterocycles. The summed E-state index contributed by atoms with van der Waals surface area (Å²) >= 11 is 5.42. The van der Waals surface area contributed by atoms with Gasteiger partial charge in [0.1, 0.15) is 0 Å². The van der Waals surface area contributed by atoms with E-state index in [2.05, 4.69) is 84.0 Å². The Balaban J connectivity index is 2.31. The Morgan fingerprint density at radius 2 is 1.81 bits per heavy atom. The maximum absolute atomic E-state index is 3.67. The van der Waals surface area contributed by atoms with Crippen molar-refractivity contribution in [3.8, 4) is 0 Å². The number of hydrogen-bond donors (Lipinski definition) is 1. The maximum atomic E-state index is 3.67. The van der Waals surface area contributed by atoms with Gasteiger partial charge in [-0.1, -0.05) is 52.0 Å². The minimum absolute atomic E-state index is 0.202. The molecule has 1 heterocycles. The summed E-state index contributed by atoms with van der Waals surface area (Å²) in [6.07, 6.45) is 1.14. The Hall–Kier alpha value is -0.640. The average Bonchev–Trinajstić information content (AvgIpc) is 2.85. The zero-order chi connectivity index (χ0) is 15.5. The van der Waals surface area contributed by atoms with Gasteiger partial charge in [-0.3, -0.25) is 0 Å². The lowest BCUT2D eigenvalue weighted by Crippen LogP contribution is -2.23. The van der Waals surface area contributed by atoms with E-state index >= 15 is 0 Å². The van der Waals surface area contributed by atoms with E-state index in [1.807, 2.05) is 0 Å². The molecule has 1 nitrogen and oxygen atoms in total. The molecule has 0 aliphatic rings. The second-order valence-electron chi connectivity index (χ2n) is 6.43. The van der Waals surface area contributed by atoms with E-state index in [4.69, 9.17) is 0 Å². The van der Waals surface area contributed by atoms with Crippen LogP contribution >= 0.6 is 27.3 Å². The first kappa shape index (κ1) is 16.7. The van der Waals surface area contributed by atoms with E-state index in [1.54, 1.807) is 11.3 Å². The van der Waals surface area contributed by atoms with Crippen molar-refractivity contribution in [3.05, 3.63) is 56.2 Å². The molecule has 0 amide bonds. The number of nitrogens with one attached hydrogen (secondary N) is 1. The summed E-state index contributed by atoms with van der Waals surface area (Å²) in [5, 5.41) is 8.05. The largest absolute Gasteiger partial charge is 0.306 e. The van der Waals surface area contributed by atoms with E-state index < -0.39 is 0 Å². The van der Waals surface area contributed by atoms with Gasteiger partial charge in [-0.2, -0.15) is 11.3 Å². The lowest BCUT2D eigenvalue weighted by atomic mass is 9.86. The van der Waals surface area contributed by atoms with E-state index in [-0.39, 0.29) is 11.5 Å². The molecule has 0 radical (unpaired) electrons. The molecule has 0 saturated heterocycles. The number of thiophene rings is 1. The van der Waals surface area contributed by atoms with Gasteiger partial charge in [0.2, 0.25) is 0 Å². The van der Waals surface area contributed by atoms with Crippen molar-refractivity contribution in [2.24, 2.45) is 0 Å². The first-order chi connectivity index (χ1) is 9.93. The summed E-state index contributed by atoms with van der Waals surface area (Å²) in [5.74, 6) is 0. The second kappa shape index (κ2) is 7.08. The molecular formula is C18H24BrNS. The summed E-state index contributed by atoms with van der Waals surface area (Å²) in [7, 11) is 0. The van der Waals surface area contributed by atoms with Crippen molar-refractivity contribution in [3.63, 3.8) is 0 Å². The van der Waals surface area contributed by atoms with Crippen LogP contribution in [0.25, 0.3) is 0 Å². The number of benzene rings is 1. The molecule has 114 valence electrons. The quantitative estimate of drug-likeness (QED) is 0.695. The molecular weight excluding hydrogens is 342 g/mol. The number of hydrogen-bond acceptors (Lipinski definition) is 2. The molecule has 2 aromatic rings. The minimum Gasteiger partial charge on any atom is -0.306 e. The second-order valence-corrected chi connectivity index (χ2v) is 8.03. The van der Waals surface area contributed by atoms with Gasteiger partial charge in [0.15, 0.2) is 0 Å². The molecule has 0 aliphatic carbocycles. The van der Waals surface area contributed by atoms with Crippen molar-refractivity contribution in [2.75, 3.05) is 6.54 Å². The third kappa shape index (κ3) is 4.18. The molecule has 0 fully saturated rings. The van der Waals surface area contributed by atoms with Gasteiger partial charge < -0.3 is 5.32 Å². The highest BCUT2D eigenvalue weighted by Gasteiger charge is 2.18. The molecule has 0 bridgehead atoms. The summed E-state index contributed by atoms with van der Waals surface area (Å²) in [6, 6.07) is 9.31. The lowest BCUT2D eigenvalue weighted by molar-refractivity contribution is 0.584. The van der Waals surface area contributed by atoms with Crippen molar-refractivity contribution >= 4 is 27.3 Å². The predicted molar refractivity (Wildman–Crippen MR) is 97.3 cm³/mol. The normalized spacial score (nSPS) is 13.4. The first-order valence-corrected chi connectivity index (χ1v) is 9.22. The molecule has 1 N–H and O–H groups in total. The zero-order valence-electron chi connectivity index (χ0n) is 13.2. The standard InChI is InChI=1S/C18H24BrNS/c1-5-10-20-17(15-11-21-12-16(15)19)13-6-8-14(9-7-13)18(2,3)4/h6-9,11-12,17,20H,5,10H2,1-4H3. The van der Waals surface area contributed by atoms with Crippen LogP contribution in [0, 0.1) is 0 Å². The number of halogens is 1. The molecule has 2 rings (SSSR count). The fourth-order valence-electron chi connectivity index (χ4n) is 2.37. The lowest BCUT2D eigenvalue weighted by Gasteiger charge is -2.22. The Labute approximate surface area is 140 Å². The van der Waals surface area contributed by atoms with E-state index in [1.165, 1.54) is 21.2 Å². The molecule has 0 spiro atoms. The fraction of sp³-hybridized carbons (Fsp3) is 0.444. The van der Waals surface area contributed by atoms with Crippen LogP contribution in [0.3, 0.4) is 0 Å². The molecule has 21 heavy (non-hydrogen) atoms. The average molecular weight is 366 g/mol. The van der Waals surface area contributed by atoms with E-state index in [0.717, 1.165) is 13.0 Å². The molecule has 0 aliphatic heterocycles. The highest BCUT2D eigenvalue weighted by Crippen LogP contribution is 2.32. The molecule has 1 unspecified atom stereocenters. The highest BCUT2D eigenvalue weighted by molar-refractivity contribution is 9.10. The molecule has 1 atom stereocenters. The van der Waals surface area contributed by atoms with Crippen molar-refractivity contribution in [2.45, 2.75) is 45.6 Å². The Morgan fingerprint density at radius 3 is 2.29 bits per heavy atom. The van der Waals surface area contributed by atoms with Crippen molar-refractivity contribution in [1.29, 1.82) is 0 Å². The van der Waals surface area contributed by atoms with Gasteiger partial charge in [0.25, 0.3) is 0 Å². The van der Waals surface area contributed by atoms with Gasteiger partial charge in [0.05, 0.1) is 6.04 Å². The maximum Gasteiger partial charge on any atom is 0.0596 e. The fourth-order valence-corrected chi connectivity index (χ4v) is 3.92. The predicted octanol–water partition coefficient (Wildman–Crippen LogP) is 5.90. The van der Waals surface area contributed by atoms with Crippen LogP contribution in [0.15, 0.2) is 39.5 Å². The van der Waals surface area contributed by atoms with Gasteiger partial charge in [-0.05, 0) is 56.4 Å². The summed E-state index contributed by atoms with van der Waals surface area (Å²) < 4.78 is 1.20. The van der Waals surface area contributed by atoms with Crippen LogP contribution in [0.2, 0.25) is 0 Å². The molecule has 0 saturated carbocycles. The van der Waals surface area contributed by atoms with Crippen molar-refractivity contribution < 1.29 is 0 Å². The van der Waals surface area contributed by atoms with Crippen LogP contribution in [-0.2, 0) is 5.41 Å². The van der Waals surface area contributed by atoms with Gasteiger partial charge in [-0.25, -0.2) is 0 Å². The third-order valence-corrected chi connectivity index (χ3v) is 5.41. The van der Waals surface area contributed by atoms with Crippen LogP contribution in [-0.4, -0.2) is 6.54 Å². The SMILES string of the molecule is CCCNC(c1ccc(C(C)(C)C)cc1)c1cscc1Br. The zero-order valence-corrected chi connectivity index (χ0v) is 15.6. The minimum atomic E-state index is 0.202. The van der Waals surface area contributed by atoms with E-state index in [0.29, 0.717) is 0 Å². The third-order valence-electron chi connectivity index (χ3n) is 3.66. The smallest absolute Gasteiger partial charge is 0.0596 e. The van der Waals surface area contributed by atoms with E-state index in [9.17, 15) is 0 Å². The monoisotopic (exact) mass is 365 g/mol. The van der Waals surface area contributed by atoms with Gasteiger partial charge in [0, 0.05) is 9.85 Å². The van der Waals surface area contributed by atoms with Gasteiger partial charge >= 0.3 is 0 Å².